The molecule has 2 aromatic carbocycles. The highest BCUT2D eigenvalue weighted by molar-refractivity contribution is 7.71. The molecule has 0 bridgehead atoms. The van der Waals surface area contributed by atoms with E-state index in [0.717, 1.165) is 16.9 Å². The van der Waals surface area contributed by atoms with Crippen LogP contribution in [0.25, 0.3) is 11.4 Å². The first-order chi connectivity index (χ1) is 13.7. The number of H-pyrrole nitrogens is 1. The molecule has 28 heavy (non-hydrogen) atoms. The van der Waals surface area contributed by atoms with Crippen LogP contribution in [0.3, 0.4) is 0 Å². The van der Waals surface area contributed by atoms with E-state index in [4.69, 9.17) is 26.4 Å². The second-order valence-electron chi connectivity index (χ2n) is 5.65. The van der Waals surface area contributed by atoms with Crippen LogP contribution in [-0.2, 0) is 0 Å². The monoisotopic (exact) mass is 396 g/mol. The van der Waals surface area contributed by atoms with Gasteiger partial charge in [-0.3, -0.25) is 0 Å². The summed E-state index contributed by atoms with van der Waals surface area (Å²) < 4.78 is 18.2. The normalized spacial score (nSPS) is 10.8. The lowest BCUT2D eigenvalue weighted by atomic mass is 10.2. The lowest BCUT2D eigenvalue weighted by molar-refractivity contribution is 0.363. The summed E-state index contributed by atoms with van der Waals surface area (Å²) in [6.07, 6.45) is 3.38. The molecule has 3 aromatic rings. The Balaban J connectivity index is 1.95. The second-order valence-corrected chi connectivity index (χ2v) is 6.03. The molecule has 1 heterocycles. The lowest BCUT2D eigenvalue weighted by Crippen LogP contribution is -1.98. The Morgan fingerprint density at radius 2 is 2.04 bits per heavy atom. The largest absolute Gasteiger partial charge is 0.497 e. The topological polar surface area (TPSA) is 73.7 Å². The van der Waals surface area contributed by atoms with Gasteiger partial charge in [-0.25, -0.2) is 5.10 Å². The van der Waals surface area contributed by atoms with Crippen LogP contribution in [0.15, 0.2) is 60.2 Å². The van der Waals surface area contributed by atoms with Crippen molar-refractivity contribution >= 4 is 18.4 Å². The van der Waals surface area contributed by atoms with Crippen LogP contribution in [0.5, 0.6) is 17.2 Å². The number of methoxy groups -OCH3 is 2. The molecule has 7 nitrogen and oxygen atoms in total. The molecule has 0 aliphatic heterocycles. The van der Waals surface area contributed by atoms with E-state index >= 15 is 0 Å². The Bertz CT molecular complexity index is 1060. The Kier molecular flexibility index (Phi) is 6.23. The van der Waals surface area contributed by atoms with Gasteiger partial charge >= 0.3 is 0 Å². The number of aromatic nitrogens is 3. The number of nitrogens with zero attached hydrogens (tertiary/aromatic N) is 3. The van der Waals surface area contributed by atoms with Crippen molar-refractivity contribution in [1.29, 1.82) is 0 Å². The molecule has 0 saturated carbocycles. The van der Waals surface area contributed by atoms with Crippen LogP contribution in [-0.4, -0.2) is 41.9 Å². The molecule has 0 aliphatic rings. The Labute approximate surface area is 167 Å². The standard InChI is InChI=1S/C20H20N4O3S/c1-4-10-27-16-7-5-6-14(11-16)13-21-24-19(22-23-20(24)28)17-9-8-15(25-2)12-18(17)26-3/h4-9,11-13H,1,10H2,2-3H3,(H,23,28)/b21-13-. The van der Waals surface area contributed by atoms with E-state index < -0.39 is 0 Å². The molecule has 8 heteroatoms. The SMILES string of the molecule is C=CCOc1cccc(/C=N\n2c(-c3ccc(OC)cc3OC)n[nH]c2=S)c1. The van der Waals surface area contributed by atoms with Gasteiger partial charge in [0.25, 0.3) is 0 Å². The molecule has 0 radical (unpaired) electrons. The molecule has 0 amide bonds. The minimum Gasteiger partial charge on any atom is -0.497 e. The summed E-state index contributed by atoms with van der Waals surface area (Å²) >= 11 is 5.33. The maximum atomic E-state index is 5.55. The van der Waals surface area contributed by atoms with Gasteiger partial charge in [-0.15, -0.1) is 0 Å². The van der Waals surface area contributed by atoms with Gasteiger partial charge in [0.1, 0.15) is 23.9 Å². The van der Waals surface area contributed by atoms with Crippen molar-refractivity contribution in [2.24, 2.45) is 5.10 Å². The third-order valence-corrected chi connectivity index (χ3v) is 4.11. The predicted molar refractivity (Wildman–Crippen MR) is 111 cm³/mol. The van der Waals surface area contributed by atoms with Crippen LogP contribution in [0.2, 0.25) is 0 Å². The summed E-state index contributed by atoms with van der Waals surface area (Å²) in [7, 11) is 3.18. The van der Waals surface area contributed by atoms with E-state index in [1.807, 2.05) is 36.4 Å². The Hall–Kier alpha value is -3.39. The minimum absolute atomic E-state index is 0.364. The first-order valence-electron chi connectivity index (χ1n) is 8.44. The third kappa shape index (κ3) is 4.29. The van der Waals surface area contributed by atoms with Crippen LogP contribution in [0.4, 0.5) is 0 Å². The van der Waals surface area contributed by atoms with Crippen LogP contribution in [0, 0.1) is 4.77 Å². The van der Waals surface area contributed by atoms with Gasteiger partial charge in [0.15, 0.2) is 5.82 Å². The highest BCUT2D eigenvalue weighted by Gasteiger charge is 2.14. The van der Waals surface area contributed by atoms with E-state index in [2.05, 4.69) is 21.9 Å². The van der Waals surface area contributed by atoms with Crippen molar-refractivity contribution in [1.82, 2.24) is 14.9 Å². The molecule has 0 aliphatic carbocycles. The van der Waals surface area contributed by atoms with Crippen LogP contribution in [0.1, 0.15) is 5.56 Å². The summed E-state index contributed by atoms with van der Waals surface area (Å²) in [4.78, 5) is 0. The lowest BCUT2D eigenvalue weighted by Gasteiger charge is -2.09. The number of nitrogens with one attached hydrogen (secondary N) is 1. The number of benzene rings is 2. The molecule has 144 valence electrons. The van der Waals surface area contributed by atoms with Gasteiger partial charge in [-0.05, 0) is 42.0 Å². The zero-order chi connectivity index (χ0) is 19.9. The molecular weight excluding hydrogens is 376 g/mol. The van der Waals surface area contributed by atoms with Crippen molar-refractivity contribution in [2.45, 2.75) is 0 Å². The quantitative estimate of drug-likeness (QED) is 0.353. The van der Waals surface area contributed by atoms with Gasteiger partial charge in [0.2, 0.25) is 4.77 Å². The Morgan fingerprint density at radius 1 is 1.18 bits per heavy atom. The third-order valence-electron chi connectivity index (χ3n) is 3.85. The van der Waals surface area contributed by atoms with Crippen molar-refractivity contribution in [3.8, 4) is 28.6 Å². The summed E-state index contributed by atoms with van der Waals surface area (Å²) in [5.74, 6) is 2.54. The number of ether oxygens (including phenoxy) is 3. The molecule has 1 N–H and O–H groups in total. The molecule has 0 fully saturated rings. The maximum Gasteiger partial charge on any atom is 0.216 e. The van der Waals surface area contributed by atoms with Crippen LogP contribution >= 0.6 is 12.2 Å². The zero-order valence-corrected chi connectivity index (χ0v) is 16.4. The van der Waals surface area contributed by atoms with Crippen molar-refractivity contribution in [3.05, 3.63) is 65.5 Å². The molecule has 0 unspecified atom stereocenters. The van der Waals surface area contributed by atoms with E-state index in [0.29, 0.717) is 28.7 Å². The first-order valence-corrected chi connectivity index (χ1v) is 8.85. The number of hydrogen-bond donors (Lipinski definition) is 1. The average Bonchev–Trinajstić information content (AvgIpc) is 3.10. The summed E-state index contributed by atoms with van der Waals surface area (Å²) in [6, 6.07) is 13.0. The van der Waals surface area contributed by atoms with E-state index in [1.165, 1.54) is 4.68 Å². The second kappa shape index (κ2) is 9.01. The van der Waals surface area contributed by atoms with Gasteiger partial charge < -0.3 is 14.2 Å². The fourth-order valence-corrected chi connectivity index (χ4v) is 2.70. The molecule has 0 saturated heterocycles. The number of hydrogen-bond acceptors (Lipinski definition) is 6. The maximum absolute atomic E-state index is 5.55. The van der Waals surface area contributed by atoms with Gasteiger partial charge in [0.05, 0.1) is 26.0 Å². The number of aromatic amines is 1. The Morgan fingerprint density at radius 3 is 2.79 bits per heavy atom. The summed E-state index contributed by atoms with van der Waals surface area (Å²) in [5.41, 5.74) is 1.59. The highest BCUT2D eigenvalue weighted by Crippen LogP contribution is 2.32. The zero-order valence-electron chi connectivity index (χ0n) is 15.6. The smallest absolute Gasteiger partial charge is 0.216 e. The van der Waals surface area contributed by atoms with Crippen LogP contribution < -0.4 is 14.2 Å². The minimum atomic E-state index is 0.364. The average molecular weight is 396 g/mol. The fraction of sp³-hybridized carbons (Fsp3) is 0.150. The van der Waals surface area contributed by atoms with E-state index in [1.54, 1.807) is 32.6 Å². The number of rotatable bonds is 8. The predicted octanol–water partition coefficient (Wildman–Crippen LogP) is 4.07. The summed E-state index contributed by atoms with van der Waals surface area (Å²) in [5, 5.41) is 11.5. The van der Waals surface area contributed by atoms with Crippen molar-refractivity contribution in [2.75, 3.05) is 20.8 Å². The molecule has 3 rings (SSSR count). The van der Waals surface area contributed by atoms with Gasteiger partial charge in [0, 0.05) is 6.07 Å². The first kappa shape index (κ1) is 19.4. The van der Waals surface area contributed by atoms with Crippen molar-refractivity contribution in [3.63, 3.8) is 0 Å². The molecule has 0 atom stereocenters. The van der Waals surface area contributed by atoms with E-state index in [-0.39, 0.29) is 0 Å². The molecule has 0 spiro atoms. The molecule has 1 aromatic heterocycles. The van der Waals surface area contributed by atoms with Gasteiger partial charge in [-0.1, -0.05) is 24.8 Å². The summed E-state index contributed by atoms with van der Waals surface area (Å²) in [6.45, 7) is 4.09. The highest BCUT2D eigenvalue weighted by atomic mass is 32.1. The van der Waals surface area contributed by atoms with Gasteiger partial charge in [-0.2, -0.15) is 14.9 Å². The van der Waals surface area contributed by atoms with E-state index in [9.17, 15) is 0 Å². The molecular formula is C20H20N4O3S. The van der Waals surface area contributed by atoms with Crippen molar-refractivity contribution < 1.29 is 14.2 Å². The fourth-order valence-electron chi connectivity index (χ4n) is 2.52.